The highest BCUT2D eigenvalue weighted by Gasteiger charge is 2.39. The molecule has 3 rings (SSSR count). The van der Waals surface area contributed by atoms with Crippen LogP contribution in [0.2, 0.25) is 0 Å². The molecule has 1 aromatic heterocycles. The number of hydrogen-bond donors (Lipinski definition) is 0. The van der Waals surface area contributed by atoms with Crippen molar-refractivity contribution in [3.05, 3.63) is 18.5 Å². The third kappa shape index (κ3) is 3.97. The molecule has 0 N–H and O–H groups in total. The number of rotatable bonds is 5. The Labute approximate surface area is 143 Å². The molecule has 0 aromatic carbocycles. The molecule has 1 atom stereocenters. The van der Waals surface area contributed by atoms with Gasteiger partial charge >= 0.3 is 0 Å². The van der Waals surface area contributed by atoms with Gasteiger partial charge in [0.15, 0.2) is 0 Å². The van der Waals surface area contributed by atoms with Crippen molar-refractivity contribution < 1.29 is 13.2 Å². The molecule has 3 heterocycles. The van der Waals surface area contributed by atoms with Gasteiger partial charge in [-0.25, -0.2) is 8.42 Å². The molecule has 2 saturated heterocycles. The van der Waals surface area contributed by atoms with Gasteiger partial charge in [0.1, 0.15) is 6.04 Å². The molecular formula is C16H26N4O3S. The molecule has 2 aliphatic heterocycles. The van der Waals surface area contributed by atoms with Gasteiger partial charge < -0.3 is 4.90 Å². The van der Waals surface area contributed by atoms with E-state index < -0.39 is 16.1 Å². The minimum atomic E-state index is -3.30. The number of likely N-dealkylation sites (tertiary alicyclic amines) is 1. The second kappa shape index (κ2) is 7.23. The molecule has 2 fully saturated rings. The summed E-state index contributed by atoms with van der Waals surface area (Å²) in [6.07, 6.45) is 9.41. The maximum Gasteiger partial charge on any atom is 0.241 e. The first kappa shape index (κ1) is 17.4. The summed E-state index contributed by atoms with van der Waals surface area (Å²) in [6, 6.07) is 1.44. The second-order valence-electron chi connectivity index (χ2n) is 6.86. The summed E-state index contributed by atoms with van der Waals surface area (Å²) in [5.41, 5.74) is 0. The first-order chi connectivity index (χ1) is 11.4. The molecule has 0 radical (unpaired) electrons. The van der Waals surface area contributed by atoms with Crippen molar-refractivity contribution in [3.63, 3.8) is 0 Å². The quantitative estimate of drug-likeness (QED) is 0.788. The van der Waals surface area contributed by atoms with E-state index in [4.69, 9.17) is 0 Å². The zero-order valence-electron chi connectivity index (χ0n) is 14.2. The highest BCUT2D eigenvalue weighted by molar-refractivity contribution is 7.88. The van der Waals surface area contributed by atoms with Crippen molar-refractivity contribution in [1.82, 2.24) is 19.0 Å². The normalized spacial score (nSPS) is 23.7. The molecule has 0 aliphatic carbocycles. The molecular weight excluding hydrogens is 328 g/mol. The van der Waals surface area contributed by atoms with E-state index in [-0.39, 0.29) is 5.91 Å². The van der Waals surface area contributed by atoms with E-state index >= 15 is 0 Å². The number of aromatic nitrogens is 2. The highest BCUT2D eigenvalue weighted by atomic mass is 32.2. The first-order valence-corrected chi connectivity index (χ1v) is 10.5. The summed E-state index contributed by atoms with van der Waals surface area (Å²) in [5, 5.41) is 4.22. The maximum atomic E-state index is 12.7. The van der Waals surface area contributed by atoms with Crippen molar-refractivity contribution in [2.75, 3.05) is 25.9 Å². The van der Waals surface area contributed by atoms with E-state index in [1.807, 2.05) is 21.8 Å². The zero-order chi connectivity index (χ0) is 17.2. The summed E-state index contributed by atoms with van der Waals surface area (Å²) >= 11 is 0. The van der Waals surface area contributed by atoms with Crippen molar-refractivity contribution >= 4 is 15.9 Å². The Morgan fingerprint density at radius 3 is 2.58 bits per heavy atom. The summed E-state index contributed by atoms with van der Waals surface area (Å²) in [6.45, 7) is 2.85. The standard InChI is InChI=1S/C16H26N4O3S/c1-24(22,23)20-10-2-4-15(20)16(21)18-11-5-14(6-12-18)7-13-19-9-3-8-17-19/h3,8-9,14-15H,2,4-7,10-13H2,1H3/t15-/m0/s1. The minimum Gasteiger partial charge on any atom is -0.341 e. The van der Waals surface area contributed by atoms with E-state index in [1.54, 1.807) is 6.20 Å². The fourth-order valence-corrected chi connectivity index (χ4v) is 4.90. The van der Waals surface area contributed by atoms with Crippen LogP contribution in [-0.4, -0.2) is 65.2 Å². The SMILES string of the molecule is CS(=O)(=O)N1CCC[C@H]1C(=O)N1CCC(CCn2cccn2)CC1. The molecule has 1 amide bonds. The number of carbonyl (C=O) groups excluding carboxylic acids is 1. The molecule has 24 heavy (non-hydrogen) atoms. The Kier molecular flexibility index (Phi) is 5.24. The van der Waals surface area contributed by atoms with Crippen molar-refractivity contribution in [1.29, 1.82) is 0 Å². The van der Waals surface area contributed by atoms with Crippen LogP contribution in [0, 0.1) is 5.92 Å². The molecule has 134 valence electrons. The van der Waals surface area contributed by atoms with E-state index in [0.717, 1.165) is 45.3 Å². The molecule has 0 unspecified atom stereocenters. The fourth-order valence-electron chi connectivity index (χ4n) is 3.78. The number of aryl methyl sites for hydroxylation is 1. The number of nitrogens with zero attached hydrogens (tertiary/aromatic N) is 4. The number of piperidine rings is 1. The lowest BCUT2D eigenvalue weighted by Crippen LogP contribution is -2.49. The lowest BCUT2D eigenvalue weighted by Gasteiger charge is -2.35. The van der Waals surface area contributed by atoms with Crippen LogP contribution in [0.4, 0.5) is 0 Å². The number of carbonyl (C=O) groups is 1. The maximum absolute atomic E-state index is 12.7. The van der Waals surface area contributed by atoms with Crippen LogP contribution in [0.5, 0.6) is 0 Å². The van der Waals surface area contributed by atoms with Crippen LogP contribution in [-0.2, 0) is 21.4 Å². The van der Waals surface area contributed by atoms with Crippen LogP contribution in [0.15, 0.2) is 18.5 Å². The average molecular weight is 354 g/mol. The van der Waals surface area contributed by atoms with Gasteiger partial charge in [0, 0.05) is 38.6 Å². The lowest BCUT2D eigenvalue weighted by molar-refractivity contribution is -0.136. The third-order valence-corrected chi connectivity index (χ3v) is 6.46. The van der Waals surface area contributed by atoms with E-state index in [9.17, 15) is 13.2 Å². The van der Waals surface area contributed by atoms with Crippen LogP contribution < -0.4 is 0 Å². The number of sulfonamides is 1. The summed E-state index contributed by atoms with van der Waals surface area (Å²) < 4.78 is 27.0. The molecule has 0 bridgehead atoms. The van der Waals surface area contributed by atoms with Crippen molar-refractivity contribution in [3.8, 4) is 0 Å². The van der Waals surface area contributed by atoms with Gasteiger partial charge in [0.2, 0.25) is 15.9 Å². The smallest absolute Gasteiger partial charge is 0.241 e. The van der Waals surface area contributed by atoms with Gasteiger partial charge in [-0.05, 0) is 44.1 Å². The first-order valence-electron chi connectivity index (χ1n) is 8.68. The van der Waals surface area contributed by atoms with Gasteiger partial charge in [0.25, 0.3) is 0 Å². The Morgan fingerprint density at radius 2 is 1.96 bits per heavy atom. The van der Waals surface area contributed by atoms with Crippen LogP contribution in [0.25, 0.3) is 0 Å². The number of hydrogen-bond acceptors (Lipinski definition) is 4. The summed E-state index contributed by atoms with van der Waals surface area (Å²) in [7, 11) is -3.30. The monoisotopic (exact) mass is 354 g/mol. The van der Waals surface area contributed by atoms with Crippen LogP contribution in [0.3, 0.4) is 0 Å². The van der Waals surface area contributed by atoms with Gasteiger partial charge in [0.05, 0.1) is 6.26 Å². The van der Waals surface area contributed by atoms with E-state index in [0.29, 0.717) is 18.9 Å². The lowest BCUT2D eigenvalue weighted by atomic mass is 9.93. The molecule has 2 aliphatic rings. The van der Waals surface area contributed by atoms with Gasteiger partial charge in [-0.15, -0.1) is 0 Å². The van der Waals surface area contributed by atoms with Crippen LogP contribution in [0.1, 0.15) is 32.1 Å². The Hall–Kier alpha value is -1.41. The zero-order valence-corrected chi connectivity index (χ0v) is 15.0. The number of amides is 1. The molecule has 8 heteroatoms. The Balaban J connectivity index is 1.50. The molecule has 1 aromatic rings. The summed E-state index contributed by atoms with van der Waals surface area (Å²) in [5.74, 6) is 0.594. The van der Waals surface area contributed by atoms with Crippen LogP contribution >= 0.6 is 0 Å². The molecule has 7 nitrogen and oxygen atoms in total. The molecule has 0 spiro atoms. The minimum absolute atomic E-state index is 0.0107. The topological polar surface area (TPSA) is 75.5 Å². The Morgan fingerprint density at radius 1 is 1.21 bits per heavy atom. The highest BCUT2D eigenvalue weighted by Crippen LogP contribution is 2.26. The predicted octanol–water partition coefficient (Wildman–Crippen LogP) is 0.936. The van der Waals surface area contributed by atoms with Crippen molar-refractivity contribution in [2.24, 2.45) is 5.92 Å². The molecule has 0 saturated carbocycles. The van der Waals surface area contributed by atoms with Gasteiger partial charge in [-0.2, -0.15) is 9.40 Å². The van der Waals surface area contributed by atoms with Gasteiger partial charge in [-0.3, -0.25) is 9.48 Å². The average Bonchev–Trinajstić information content (AvgIpc) is 3.23. The predicted molar refractivity (Wildman–Crippen MR) is 90.7 cm³/mol. The van der Waals surface area contributed by atoms with Gasteiger partial charge in [-0.1, -0.05) is 0 Å². The Bertz CT molecular complexity index is 651. The van der Waals surface area contributed by atoms with E-state index in [2.05, 4.69) is 5.10 Å². The summed E-state index contributed by atoms with van der Waals surface area (Å²) in [4.78, 5) is 14.6. The third-order valence-electron chi connectivity index (χ3n) is 5.17. The van der Waals surface area contributed by atoms with E-state index in [1.165, 1.54) is 10.6 Å². The van der Waals surface area contributed by atoms with Crippen molar-refractivity contribution in [2.45, 2.75) is 44.7 Å². The largest absolute Gasteiger partial charge is 0.341 e. The fraction of sp³-hybridized carbons (Fsp3) is 0.750. The second-order valence-corrected chi connectivity index (χ2v) is 8.79.